The highest BCUT2D eigenvalue weighted by Gasteiger charge is 2.06. The summed E-state index contributed by atoms with van der Waals surface area (Å²) in [6.07, 6.45) is 1.75. The Balaban J connectivity index is 3.28. The topological polar surface area (TPSA) is 52.3 Å². The number of rotatable bonds is 2. The molecule has 0 atom stereocenters. The minimum Gasteiger partial charge on any atom is -0.496 e. The van der Waals surface area contributed by atoms with Gasteiger partial charge in [0.2, 0.25) is 6.29 Å². The number of methoxy groups -OCH3 is 1. The molecule has 0 aliphatic carbocycles. The van der Waals surface area contributed by atoms with Gasteiger partial charge in [-0.2, -0.15) is 0 Å². The van der Waals surface area contributed by atoms with Crippen LogP contribution in [0.4, 0.5) is 5.69 Å². The molecule has 63 valence electrons. The number of anilines is 1. The summed E-state index contributed by atoms with van der Waals surface area (Å²) in [7, 11) is 1.48. The van der Waals surface area contributed by atoms with Crippen LogP contribution in [0, 0.1) is 0 Å². The van der Waals surface area contributed by atoms with Crippen molar-refractivity contribution in [1.29, 1.82) is 0 Å². The van der Waals surface area contributed by atoms with E-state index >= 15 is 0 Å². The van der Waals surface area contributed by atoms with Crippen molar-refractivity contribution >= 4 is 27.9 Å². The largest absolute Gasteiger partial charge is 0.496 e. The lowest BCUT2D eigenvalue weighted by Gasteiger charge is -2.05. The fourth-order valence-corrected chi connectivity index (χ4v) is 1.16. The molecule has 0 aromatic heterocycles. The molecule has 4 heteroatoms. The average molecular weight is 229 g/mol. The SMILES string of the molecule is COc1cc(N)c(Br)cc1[C]=O. The number of ether oxygens (including phenoxy) is 1. The van der Waals surface area contributed by atoms with Crippen LogP contribution < -0.4 is 10.5 Å². The van der Waals surface area contributed by atoms with E-state index < -0.39 is 0 Å². The van der Waals surface area contributed by atoms with Crippen LogP contribution in [0.1, 0.15) is 5.56 Å². The van der Waals surface area contributed by atoms with E-state index in [1.807, 2.05) is 0 Å². The second-order valence-electron chi connectivity index (χ2n) is 2.18. The standard InChI is InChI=1S/C8H7BrNO2/c1-12-8-3-7(10)6(9)2-5(8)4-11/h2-3H,10H2,1H3. The van der Waals surface area contributed by atoms with Crippen LogP contribution in [0.15, 0.2) is 16.6 Å². The number of carbonyl (C=O) groups excluding carboxylic acids is 1. The molecule has 1 aromatic carbocycles. The molecule has 3 nitrogen and oxygen atoms in total. The second kappa shape index (κ2) is 3.58. The molecule has 0 aliphatic rings. The molecule has 0 saturated heterocycles. The van der Waals surface area contributed by atoms with Gasteiger partial charge in [0.15, 0.2) is 0 Å². The summed E-state index contributed by atoms with van der Waals surface area (Å²) >= 11 is 3.19. The minimum absolute atomic E-state index is 0.360. The Hall–Kier alpha value is -1.03. The van der Waals surface area contributed by atoms with Crippen LogP contribution in [0.25, 0.3) is 0 Å². The van der Waals surface area contributed by atoms with Crippen LogP contribution >= 0.6 is 15.9 Å². The van der Waals surface area contributed by atoms with Gasteiger partial charge in [-0.05, 0) is 22.0 Å². The fraction of sp³-hybridized carbons (Fsp3) is 0.125. The van der Waals surface area contributed by atoms with Gasteiger partial charge in [-0.3, -0.25) is 4.79 Å². The molecule has 0 saturated carbocycles. The van der Waals surface area contributed by atoms with Crippen molar-refractivity contribution in [3.63, 3.8) is 0 Å². The first-order chi connectivity index (χ1) is 5.69. The van der Waals surface area contributed by atoms with E-state index in [1.54, 1.807) is 18.4 Å². The number of nitrogen functional groups attached to an aromatic ring is 1. The first-order valence-corrected chi connectivity index (χ1v) is 3.99. The average Bonchev–Trinajstić information content (AvgIpc) is 2.09. The zero-order chi connectivity index (χ0) is 9.14. The zero-order valence-electron chi connectivity index (χ0n) is 6.43. The fourth-order valence-electron chi connectivity index (χ4n) is 0.818. The van der Waals surface area contributed by atoms with Crippen LogP contribution in [0.5, 0.6) is 5.75 Å². The summed E-state index contributed by atoms with van der Waals surface area (Å²) in [4.78, 5) is 10.4. The van der Waals surface area contributed by atoms with Gasteiger partial charge in [-0.15, -0.1) is 0 Å². The predicted molar refractivity (Wildman–Crippen MR) is 49.9 cm³/mol. The number of hydrogen-bond donors (Lipinski definition) is 1. The van der Waals surface area contributed by atoms with E-state index in [0.717, 1.165) is 0 Å². The van der Waals surface area contributed by atoms with Gasteiger partial charge in [0.25, 0.3) is 0 Å². The molecule has 0 fully saturated rings. The van der Waals surface area contributed by atoms with Crippen LogP contribution in [0.2, 0.25) is 0 Å². The smallest absolute Gasteiger partial charge is 0.237 e. The zero-order valence-corrected chi connectivity index (χ0v) is 8.01. The lowest BCUT2D eigenvalue weighted by atomic mass is 10.2. The maximum Gasteiger partial charge on any atom is 0.237 e. The molecular formula is C8H7BrNO2. The summed E-state index contributed by atoms with van der Waals surface area (Å²) in [6.45, 7) is 0. The van der Waals surface area contributed by atoms with Gasteiger partial charge >= 0.3 is 0 Å². The Kier molecular flexibility index (Phi) is 2.70. The molecule has 2 N–H and O–H groups in total. The normalized spacial score (nSPS) is 9.50. The van der Waals surface area contributed by atoms with Crippen molar-refractivity contribution in [2.45, 2.75) is 0 Å². The second-order valence-corrected chi connectivity index (χ2v) is 3.03. The molecule has 1 rings (SSSR count). The van der Waals surface area contributed by atoms with Crippen LogP contribution in [-0.2, 0) is 4.79 Å². The Morgan fingerprint density at radius 1 is 1.58 bits per heavy atom. The van der Waals surface area contributed by atoms with Gasteiger partial charge in [-0.25, -0.2) is 0 Å². The van der Waals surface area contributed by atoms with E-state index in [0.29, 0.717) is 21.5 Å². The van der Waals surface area contributed by atoms with E-state index in [-0.39, 0.29) is 0 Å². The van der Waals surface area contributed by atoms with Crippen molar-refractivity contribution < 1.29 is 9.53 Å². The third-order valence-electron chi connectivity index (χ3n) is 1.43. The maximum atomic E-state index is 10.4. The van der Waals surface area contributed by atoms with Crippen molar-refractivity contribution in [3.8, 4) is 5.75 Å². The van der Waals surface area contributed by atoms with E-state index in [4.69, 9.17) is 10.5 Å². The summed E-state index contributed by atoms with van der Waals surface area (Å²) in [5.41, 5.74) is 6.46. The van der Waals surface area contributed by atoms with Crippen LogP contribution in [-0.4, -0.2) is 13.4 Å². The quantitative estimate of drug-likeness (QED) is 0.781. The number of halogens is 1. The number of benzene rings is 1. The monoisotopic (exact) mass is 228 g/mol. The summed E-state index contributed by atoms with van der Waals surface area (Å²) < 4.78 is 5.58. The molecule has 0 heterocycles. The molecule has 0 unspecified atom stereocenters. The van der Waals surface area contributed by atoms with Gasteiger partial charge in [0, 0.05) is 16.2 Å². The molecule has 0 amide bonds. The molecular weight excluding hydrogens is 222 g/mol. The van der Waals surface area contributed by atoms with Gasteiger partial charge in [0.05, 0.1) is 12.7 Å². The summed E-state index contributed by atoms with van der Waals surface area (Å²) in [6, 6.07) is 3.14. The van der Waals surface area contributed by atoms with Gasteiger partial charge in [0.1, 0.15) is 5.75 Å². The lowest BCUT2D eigenvalue weighted by Crippen LogP contribution is -1.94. The minimum atomic E-state index is 0.360. The van der Waals surface area contributed by atoms with Crippen molar-refractivity contribution in [2.75, 3.05) is 12.8 Å². The van der Waals surface area contributed by atoms with Crippen molar-refractivity contribution in [2.24, 2.45) is 0 Å². The summed E-state index contributed by atoms with van der Waals surface area (Å²) in [5, 5.41) is 0. The number of hydrogen-bond acceptors (Lipinski definition) is 3. The van der Waals surface area contributed by atoms with E-state index in [9.17, 15) is 4.79 Å². The van der Waals surface area contributed by atoms with Gasteiger partial charge in [-0.1, -0.05) is 0 Å². The molecule has 1 radical (unpaired) electrons. The third-order valence-corrected chi connectivity index (χ3v) is 2.12. The Morgan fingerprint density at radius 3 is 2.75 bits per heavy atom. The first-order valence-electron chi connectivity index (χ1n) is 3.20. The highest BCUT2D eigenvalue weighted by molar-refractivity contribution is 9.10. The van der Waals surface area contributed by atoms with E-state index in [1.165, 1.54) is 7.11 Å². The first kappa shape index (κ1) is 9.06. The summed E-state index contributed by atoms with van der Waals surface area (Å²) in [5.74, 6) is 0.436. The number of nitrogens with two attached hydrogens (primary N) is 1. The molecule has 0 bridgehead atoms. The molecule has 1 aromatic rings. The molecule has 12 heavy (non-hydrogen) atoms. The van der Waals surface area contributed by atoms with Crippen molar-refractivity contribution in [1.82, 2.24) is 0 Å². The van der Waals surface area contributed by atoms with Gasteiger partial charge < -0.3 is 10.5 Å². The van der Waals surface area contributed by atoms with Crippen LogP contribution in [0.3, 0.4) is 0 Å². The Labute approximate surface area is 78.6 Å². The molecule has 0 spiro atoms. The third kappa shape index (κ3) is 1.58. The van der Waals surface area contributed by atoms with Crippen molar-refractivity contribution in [3.05, 3.63) is 22.2 Å². The highest BCUT2D eigenvalue weighted by Crippen LogP contribution is 2.27. The Bertz CT molecular complexity index is 312. The highest BCUT2D eigenvalue weighted by atomic mass is 79.9. The van der Waals surface area contributed by atoms with E-state index in [2.05, 4.69) is 15.9 Å². The molecule has 0 aliphatic heterocycles. The lowest BCUT2D eigenvalue weighted by molar-refractivity contribution is 0.413. The maximum absolute atomic E-state index is 10.4. The Morgan fingerprint density at radius 2 is 2.25 bits per heavy atom. The predicted octanol–water partition coefficient (Wildman–Crippen LogP) is 1.50.